The van der Waals surface area contributed by atoms with Gasteiger partial charge in [-0.2, -0.15) is 0 Å². The molecular weight excluding hydrogens is 322 g/mol. The minimum atomic E-state index is 0.0506. The van der Waals surface area contributed by atoms with E-state index in [1.165, 1.54) is 12.7 Å². The highest BCUT2D eigenvalue weighted by molar-refractivity contribution is 7.16. The van der Waals surface area contributed by atoms with Crippen molar-refractivity contribution in [2.75, 3.05) is 13.2 Å². The van der Waals surface area contributed by atoms with Crippen molar-refractivity contribution in [1.82, 2.24) is 14.9 Å². The molecule has 0 radical (unpaired) electrons. The summed E-state index contributed by atoms with van der Waals surface area (Å²) in [5, 5.41) is 2.84. The number of nitrogens with zero attached hydrogens (tertiary/aromatic N) is 3. The van der Waals surface area contributed by atoms with Crippen molar-refractivity contribution in [2.45, 2.75) is 46.1 Å². The monoisotopic (exact) mass is 345 g/mol. The van der Waals surface area contributed by atoms with Crippen molar-refractivity contribution in [3.8, 4) is 5.88 Å². The highest BCUT2D eigenvalue weighted by Gasteiger charge is 2.50. The molecule has 2 bridgehead atoms. The van der Waals surface area contributed by atoms with E-state index in [4.69, 9.17) is 4.74 Å². The molecule has 0 spiro atoms. The number of aromatic nitrogens is 2. The number of thiophene rings is 1. The number of carbonyl (C=O) groups excluding carboxylic acids is 1. The zero-order chi connectivity index (χ0) is 16.9. The van der Waals surface area contributed by atoms with Gasteiger partial charge in [0.25, 0.3) is 5.91 Å². The SMILES string of the molecule is CC1(C)C[C@@H]2C[C@@](C)(CN2C(=O)COc2ncnc3sccc23)C1. The van der Waals surface area contributed by atoms with Crippen molar-refractivity contribution in [2.24, 2.45) is 10.8 Å². The minimum absolute atomic E-state index is 0.0506. The van der Waals surface area contributed by atoms with E-state index in [2.05, 4.69) is 30.7 Å². The number of hydrogen-bond acceptors (Lipinski definition) is 5. The van der Waals surface area contributed by atoms with Gasteiger partial charge in [0, 0.05) is 12.6 Å². The molecule has 1 amide bonds. The van der Waals surface area contributed by atoms with Gasteiger partial charge < -0.3 is 9.64 Å². The smallest absolute Gasteiger partial charge is 0.260 e. The highest BCUT2D eigenvalue weighted by Crippen LogP contribution is 2.52. The Morgan fingerprint density at radius 2 is 2.21 bits per heavy atom. The molecule has 2 aliphatic rings. The maximum Gasteiger partial charge on any atom is 0.260 e. The topological polar surface area (TPSA) is 55.3 Å². The summed E-state index contributed by atoms with van der Waals surface area (Å²) in [7, 11) is 0. The van der Waals surface area contributed by atoms with Gasteiger partial charge in [0.05, 0.1) is 5.39 Å². The predicted octanol–water partition coefficient (Wildman–Crippen LogP) is 3.50. The third-order valence-electron chi connectivity index (χ3n) is 5.29. The van der Waals surface area contributed by atoms with E-state index in [-0.39, 0.29) is 17.9 Å². The summed E-state index contributed by atoms with van der Waals surface area (Å²) in [6, 6.07) is 2.29. The lowest BCUT2D eigenvalue weighted by Gasteiger charge is -2.39. The van der Waals surface area contributed by atoms with Crippen LogP contribution in [-0.2, 0) is 4.79 Å². The summed E-state index contributed by atoms with van der Waals surface area (Å²) < 4.78 is 5.75. The fourth-order valence-electron chi connectivity index (χ4n) is 4.85. The Bertz CT molecular complexity index is 787. The summed E-state index contributed by atoms with van der Waals surface area (Å²) in [6.45, 7) is 7.84. The number of hydrogen-bond donors (Lipinski definition) is 0. The van der Waals surface area contributed by atoms with Gasteiger partial charge >= 0.3 is 0 Å². The van der Waals surface area contributed by atoms with E-state index in [1.807, 2.05) is 16.3 Å². The van der Waals surface area contributed by atoms with E-state index >= 15 is 0 Å². The molecule has 0 N–H and O–H groups in total. The van der Waals surface area contributed by atoms with Crippen LogP contribution in [0.5, 0.6) is 5.88 Å². The first kappa shape index (κ1) is 15.8. The molecule has 5 nitrogen and oxygen atoms in total. The van der Waals surface area contributed by atoms with Gasteiger partial charge in [0.15, 0.2) is 6.61 Å². The first-order valence-corrected chi connectivity index (χ1v) is 9.34. The normalized spacial score (nSPS) is 28.3. The molecule has 2 aromatic rings. The molecule has 2 atom stereocenters. The van der Waals surface area contributed by atoms with E-state index in [1.54, 1.807) is 11.3 Å². The molecular formula is C18H23N3O2S. The second-order valence-corrected chi connectivity index (χ2v) is 9.24. The predicted molar refractivity (Wildman–Crippen MR) is 94.2 cm³/mol. The zero-order valence-corrected chi connectivity index (χ0v) is 15.2. The molecule has 2 aromatic heterocycles. The number of likely N-dealkylation sites (tertiary alicyclic amines) is 1. The Morgan fingerprint density at radius 1 is 1.38 bits per heavy atom. The van der Waals surface area contributed by atoms with Crippen LogP contribution < -0.4 is 4.74 Å². The minimum Gasteiger partial charge on any atom is -0.467 e. The molecule has 128 valence electrons. The molecule has 0 unspecified atom stereocenters. The average molecular weight is 345 g/mol. The van der Waals surface area contributed by atoms with Gasteiger partial charge in [-0.1, -0.05) is 20.8 Å². The summed E-state index contributed by atoms with van der Waals surface area (Å²) >= 11 is 1.55. The van der Waals surface area contributed by atoms with Crippen LogP contribution in [0.1, 0.15) is 40.0 Å². The fraction of sp³-hybridized carbons (Fsp3) is 0.611. The van der Waals surface area contributed by atoms with Crippen LogP contribution in [0.2, 0.25) is 0 Å². The van der Waals surface area contributed by atoms with E-state index in [9.17, 15) is 4.79 Å². The number of fused-ring (bicyclic) bond motifs is 3. The Morgan fingerprint density at radius 3 is 3.04 bits per heavy atom. The lowest BCUT2D eigenvalue weighted by molar-refractivity contribution is -0.134. The number of rotatable bonds is 3. The molecule has 2 fully saturated rings. The van der Waals surface area contributed by atoms with Gasteiger partial charge in [0.1, 0.15) is 11.2 Å². The Hall–Kier alpha value is -1.69. The molecule has 1 aliphatic heterocycles. The standard InChI is InChI=1S/C18H23N3O2S/c1-17(2)6-12-7-18(3,9-17)10-21(12)14(22)8-23-15-13-4-5-24-16(13)20-11-19-15/h4-5,11-12H,6-10H2,1-3H3/t12-,18-/m1/s1. The summed E-state index contributed by atoms with van der Waals surface area (Å²) in [4.78, 5) is 24.1. The maximum atomic E-state index is 12.7. The molecule has 1 aliphatic carbocycles. The van der Waals surface area contributed by atoms with E-state index < -0.39 is 0 Å². The van der Waals surface area contributed by atoms with Crippen LogP contribution in [-0.4, -0.2) is 40.0 Å². The summed E-state index contributed by atoms with van der Waals surface area (Å²) in [5.41, 5.74) is 0.556. The van der Waals surface area contributed by atoms with Crippen LogP contribution in [0, 0.1) is 10.8 Å². The molecule has 0 aromatic carbocycles. The van der Waals surface area contributed by atoms with Crippen molar-refractivity contribution in [1.29, 1.82) is 0 Å². The quantitative estimate of drug-likeness (QED) is 0.854. The van der Waals surface area contributed by atoms with Crippen molar-refractivity contribution < 1.29 is 9.53 Å². The van der Waals surface area contributed by atoms with Crippen molar-refractivity contribution in [3.63, 3.8) is 0 Å². The van der Waals surface area contributed by atoms with Gasteiger partial charge in [-0.15, -0.1) is 11.3 Å². The fourth-order valence-corrected chi connectivity index (χ4v) is 5.57. The van der Waals surface area contributed by atoms with Crippen LogP contribution in [0.4, 0.5) is 0 Å². The van der Waals surface area contributed by atoms with Gasteiger partial charge in [-0.05, 0) is 41.5 Å². The first-order chi connectivity index (χ1) is 11.4. The van der Waals surface area contributed by atoms with Gasteiger partial charge in [0.2, 0.25) is 5.88 Å². The maximum absolute atomic E-state index is 12.7. The van der Waals surface area contributed by atoms with Gasteiger partial charge in [-0.3, -0.25) is 4.79 Å². The van der Waals surface area contributed by atoms with Crippen molar-refractivity contribution >= 4 is 27.5 Å². The first-order valence-electron chi connectivity index (χ1n) is 8.46. The molecule has 3 heterocycles. The van der Waals surface area contributed by atoms with Crippen molar-refractivity contribution in [3.05, 3.63) is 17.8 Å². The number of carbonyl (C=O) groups is 1. The largest absolute Gasteiger partial charge is 0.467 e. The second-order valence-electron chi connectivity index (χ2n) is 8.34. The summed E-state index contributed by atoms with van der Waals surface area (Å²) in [5.74, 6) is 0.576. The molecule has 1 saturated carbocycles. The van der Waals surface area contributed by atoms with Crippen LogP contribution in [0.15, 0.2) is 17.8 Å². The number of ether oxygens (including phenoxy) is 1. The number of amides is 1. The van der Waals surface area contributed by atoms with E-state index in [0.29, 0.717) is 17.3 Å². The Balaban J connectivity index is 1.47. The van der Waals surface area contributed by atoms with E-state index in [0.717, 1.165) is 29.6 Å². The van der Waals surface area contributed by atoms with Crippen LogP contribution in [0.3, 0.4) is 0 Å². The van der Waals surface area contributed by atoms with Crippen LogP contribution in [0.25, 0.3) is 10.2 Å². The third kappa shape index (κ3) is 2.77. The second kappa shape index (κ2) is 5.41. The Labute approximate surface area is 146 Å². The molecule has 6 heteroatoms. The molecule has 1 saturated heterocycles. The average Bonchev–Trinajstić information content (AvgIpc) is 3.06. The zero-order valence-electron chi connectivity index (χ0n) is 14.4. The third-order valence-corrected chi connectivity index (χ3v) is 6.11. The highest BCUT2D eigenvalue weighted by atomic mass is 32.1. The lowest BCUT2D eigenvalue weighted by Crippen LogP contribution is -2.40. The van der Waals surface area contributed by atoms with Crippen LogP contribution >= 0.6 is 11.3 Å². The van der Waals surface area contributed by atoms with Gasteiger partial charge in [-0.25, -0.2) is 9.97 Å². The molecule has 24 heavy (non-hydrogen) atoms. The summed E-state index contributed by atoms with van der Waals surface area (Å²) in [6.07, 6.45) is 4.87. The lowest BCUT2D eigenvalue weighted by atomic mass is 9.65. The Kier molecular flexibility index (Phi) is 3.56. The molecule has 4 rings (SSSR count).